The summed E-state index contributed by atoms with van der Waals surface area (Å²) in [5, 5.41) is 0. The molecular weight excluding hydrogens is 421 g/mol. The van der Waals surface area contributed by atoms with Gasteiger partial charge in [-0.3, -0.25) is 0 Å². The summed E-state index contributed by atoms with van der Waals surface area (Å²) in [6, 6.07) is 0. The van der Waals surface area contributed by atoms with Crippen LogP contribution in [-0.4, -0.2) is 39.1 Å². The molecule has 0 unspecified atom stereocenters. The Morgan fingerprint density at radius 1 is 0.944 bits per heavy atom. The molecule has 0 bridgehead atoms. The van der Waals surface area contributed by atoms with Crippen LogP contribution in [0.5, 0.6) is 0 Å². The van der Waals surface area contributed by atoms with Crippen LogP contribution in [0.4, 0.5) is 0 Å². The summed E-state index contributed by atoms with van der Waals surface area (Å²) in [4.78, 5) is 10.7. The molecule has 0 aliphatic heterocycles. The molecule has 0 atom stereocenters. The summed E-state index contributed by atoms with van der Waals surface area (Å²) < 4.78 is 4.91. The molecule has 0 spiro atoms. The van der Waals surface area contributed by atoms with E-state index in [4.69, 9.17) is 4.74 Å². The number of hydrogen-bond donors (Lipinski definition) is 0. The zero-order chi connectivity index (χ0) is 12.8. The van der Waals surface area contributed by atoms with Gasteiger partial charge in [0.2, 0.25) is 0 Å². The van der Waals surface area contributed by atoms with Gasteiger partial charge >= 0.3 is 32.5 Å². The van der Waals surface area contributed by atoms with E-state index in [0.29, 0.717) is 6.61 Å². The molecule has 0 radical (unpaired) electrons. The molecule has 3 heteroatoms. The number of hydrogen-bond acceptors (Lipinski definition) is 2. The van der Waals surface area contributed by atoms with Gasteiger partial charge in [-0.2, -0.15) is 0 Å². The summed E-state index contributed by atoms with van der Waals surface area (Å²) in [6.07, 6.45) is 14.2. The molecule has 0 aromatic heterocycles. The van der Waals surface area contributed by atoms with Crippen molar-refractivity contribution in [2.45, 2.75) is 71.1 Å². The van der Waals surface area contributed by atoms with E-state index in [1.807, 2.05) is 0 Å². The van der Waals surface area contributed by atoms with Gasteiger partial charge in [-0.15, -0.1) is 0 Å². The summed E-state index contributed by atoms with van der Waals surface area (Å²) in [6.45, 7) is 6.15. The maximum atomic E-state index is 10.7. The molecule has 0 aromatic rings. The molecule has 108 valence electrons. The van der Waals surface area contributed by atoms with Crippen molar-refractivity contribution in [2.24, 2.45) is 0 Å². The summed E-state index contributed by atoms with van der Waals surface area (Å²) >= 11 is 0. The summed E-state index contributed by atoms with van der Waals surface area (Å²) in [5.74, 6) is -0.305. The fourth-order valence-corrected chi connectivity index (χ4v) is 1.82. The zero-order valence-electron chi connectivity index (χ0n) is 11.9. The molecule has 0 fully saturated rings. The van der Waals surface area contributed by atoms with Crippen molar-refractivity contribution in [1.29, 1.82) is 0 Å². The number of rotatable bonds is 12. The Kier molecular flexibility index (Phi) is 19.4. The second-order valence-electron chi connectivity index (χ2n) is 4.55. The van der Waals surface area contributed by atoms with E-state index in [1.54, 1.807) is 0 Å². The van der Waals surface area contributed by atoms with Gasteiger partial charge in [-0.25, -0.2) is 4.79 Å². The van der Waals surface area contributed by atoms with Crippen LogP contribution >= 0.6 is 0 Å². The van der Waals surface area contributed by atoms with Gasteiger partial charge in [0.1, 0.15) is 0 Å². The second kappa shape index (κ2) is 17.1. The van der Waals surface area contributed by atoms with Crippen LogP contribution in [0.15, 0.2) is 12.7 Å². The topological polar surface area (TPSA) is 26.3 Å². The normalized spacial score (nSPS) is 9.61. The van der Waals surface area contributed by atoms with Crippen molar-refractivity contribution in [3.05, 3.63) is 12.7 Å². The number of unbranched alkanes of at least 4 members (excludes halogenated alkanes) is 9. The van der Waals surface area contributed by atoms with Crippen LogP contribution in [0.3, 0.4) is 0 Å². The van der Waals surface area contributed by atoms with Gasteiger partial charge in [0, 0.05) is 6.08 Å². The Morgan fingerprint density at radius 3 is 1.83 bits per heavy atom. The Bertz CT molecular complexity index is 193. The third-order valence-electron chi connectivity index (χ3n) is 2.91. The minimum absolute atomic E-state index is 0. The molecule has 0 rings (SSSR count). The van der Waals surface area contributed by atoms with Gasteiger partial charge in [-0.05, 0) is 6.42 Å². The first-order chi connectivity index (χ1) is 8.31. The van der Waals surface area contributed by atoms with Crippen molar-refractivity contribution in [2.75, 3.05) is 6.61 Å². The Hall–Kier alpha value is 0.106. The van der Waals surface area contributed by atoms with E-state index in [0.717, 1.165) is 6.42 Å². The van der Waals surface area contributed by atoms with Crippen LogP contribution in [0.1, 0.15) is 71.1 Å². The third kappa shape index (κ3) is 16.1. The number of ether oxygens (including phenoxy) is 1. The van der Waals surface area contributed by atoms with Gasteiger partial charge in [0.05, 0.1) is 6.61 Å². The molecule has 2 nitrogen and oxygen atoms in total. The van der Waals surface area contributed by atoms with Crippen LogP contribution in [0.2, 0.25) is 0 Å². The van der Waals surface area contributed by atoms with E-state index < -0.39 is 0 Å². The molecule has 0 aliphatic carbocycles. The molecular formula is C15H30O2Po. The number of carbonyl (C=O) groups is 1. The maximum absolute atomic E-state index is 10.7. The standard InChI is InChI=1S/C15H28O2.Po.2H/c1-3-5-6-7-8-9-10-11-12-13-14-17-15(16)4-2;;;/h4H,2-3,5-14H2,1H3;;;. The molecule has 0 saturated heterocycles. The van der Waals surface area contributed by atoms with Crippen LogP contribution in [0.25, 0.3) is 0 Å². The van der Waals surface area contributed by atoms with Crippen molar-refractivity contribution < 1.29 is 9.53 Å². The van der Waals surface area contributed by atoms with E-state index >= 15 is 0 Å². The molecule has 18 heavy (non-hydrogen) atoms. The van der Waals surface area contributed by atoms with Gasteiger partial charge in [-0.1, -0.05) is 71.3 Å². The third-order valence-corrected chi connectivity index (χ3v) is 2.91. The molecule has 0 aliphatic rings. The molecule has 0 saturated carbocycles. The average molecular weight is 451 g/mol. The first-order valence-electron chi connectivity index (χ1n) is 7.10. The molecule has 0 N–H and O–H groups in total. The average Bonchev–Trinajstić information content (AvgIpc) is 2.35. The van der Waals surface area contributed by atoms with Crippen molar-refractivity contribution in [1.82, 2.24) is 0 Å². The SMILES string of the molecule is C=CC(=O)OCCCCCCCCCCCC.[PoH2]. The molecule has 0 amide bonds. The van der Waals surface area contributed by atoms with Crippen LogP contribution in [0, 0.1) is 0 Å². The van der Waals surface area contributed by atoms with E-state index in [-0.39, 0.29) is 32.5 Å². The molecule has 0 aromatic carbocycles. The monoisotopic (exact) mass is 451 g/mol. The van der Waals surface area contributed by atoms with Crippen LogP contribution in [-0.2, 0) is 9.53 Å². The van der Waals surface area contributed by atoms with Crippen molar-refractivity contribution in [3.8, 4) is 0 Å². The van der Waals surface area contributed by atoms with E-state index in [1.165, 1.54) is 63.9 Å². The Balaban J connectivity index is 0. The summed E-state index contributed by atoms with van der Waals surface area (Å²) in [5.41, 5.74) is 0. The fraction of sp³-hybridized carbons (Fsp3) is 0.800. The van der Waals surface area contributed by atoms with Crippen molar-refractivity contribution >= 4 is 32.5 Å². The quantitative estimate of drug-likeness (QED) is 0.257. The Morgan fingerprint density at radius 2 is 1.39 bits per heavy atom. The minimum atomic E-state index is -0.305. The summed E-state index contributed by atoms with van der Waals surface area (Å²) in [7, 11) is 0. The fourth-order valence-electron chi connectivity index (χ4n) is 1.82. The first-order valence-corrected chi connectivity index (χ1v) is 7.10. The van der Waals surface area contributed by atoms with Gasteiger partial charge in [0.15, 0.2) is 0 Å². The van der Waals surface area contributed by atoms with E-state index in [2.05, 4.69) is 13.5 Å². The van der Waals surface area contributed by atoms with Gasteiger partial charge < -0.3 is 4.74 Å². The molecule has 0 heterocycles. The zero-order valence-corrected chi connectivity index (χ0v) is 15.8. The van der Waals surface area contributed by atoms with Crippen LogP contribution < -0.4 is 0 Å². The Labute approximate surface area is 132 Å². The predicted octanol–water partition coefficient (Wildman–Crippen LogP) is 3.72. The number of carbonyl (C=O) groups excluding carboxylic acids is 1. The number of esters is 1. The first kappa shape index (κ1) is 20.4. The van der Waals surface area contributed by atoms with E-state index in [9.17, 15) is 4.79 Å². The van der Waals surface area contributed by atoms with Gasteiger partial charge in [0.25, 0.3) is 0 Å². The second-order valence-corrected chi connectivity index (χ2v) is 4.55. The van der Waals surface area contributed by atoms with Crippen molar-refractivity contribution in [3.63, 3.8) is 0 Å². The predicted molar refractivity (Wildman–Crippen MR) is 81.5 cm³/mol.